The average molecular weight is 262 g/mol. The van der Waals surface area contributed by atoms with Crippen LogP contribution in [0.4, 0.5) is 0 Å². The van der Waals surface area contributed by atoms with E-state index in [-0.39, 0.29) is 24.6 Å². The van der Waals surface area contributed by atoms with Gasteiger partial charge < -0.3 is 4.74 Å². The van der Waals surface area contributed by atoms with E-state index in [1.54, 1.807) is 6.92 Å². The lowest BCUT2D eigenvalue weighted by Crippen LogP contribution is -2.11. The van der Waals surface area contributed by atoms with Gasteiger partial charge in [0.05, 0.1) is 13.0 Å². The van der Waals surface area contributed by atoms with Gasteiger partial charge in [0.2, 0.25) is 0 Å². The van der Waals surface area contributed by atoms with Gasteiger partial charge in [-0.15, -0.1) is 0 Å². The fourth-order valence-electron chi connectivity index (χ4n) is 2.21. The minimum absolute atomic E-state index is 0.0230. The summed E-state index contributed by atoms with van der Waals surface area (Å²) >= 11 is 0. The topological polar surface area (TPSA) is 43.4 Å². The van der Waals surface area contributed by atoms with E-state index < -0.39 is 0 Å². The van der Waals surface area contributed by atoms with Crippen LogP contribution in [0.1, 0.15) is 52.4 Å². The quantitative estimate of drug-likeness (QED) is 0.603. The number of Topliss-reactive ketones (excluding diaryl/α,β-unsaturated/α-hetero) is 1. The van der Waals surface area contributed by atoms with Crippen molar-refractivity contribution in [3.63, 3.8) is 0 Å². The second-order valence-corrected chi connectivity index (χ2v) is 4.86. The van der Waals surface area contributed by atoms with Crippen LogP contribution in [-0.4, -0.2) is 18.4 Å². The molecule has 1 aromatic rings. The third-order valence-electron chi connectivity index (χ3n) is 3.51. The normalized spacial score (nSPS) is 10.4. The zero-order valence-corrected chi connectivity index (χ0v) is 12.4. The molecule has 1 aromatic carbocycles. The summed E-state index contributed by atoms with van der Waals surface area (Å²) in [7, 11) is 0. The standard InChI is InChI=1S/C16H22O3/c1-6-19-15(18)8-7-14(17)16-12(4)10(2)9-11(3)13(16)5/h9H,6-8H2,1-5H3. The predicted octanol–water partition coefficient (Wildman–Crippen LogP) is 3.45. The minimum atomic E-state index is -0.310. The van der Waals surface area contributed by atoms with Crippen molar-refractivity contribution in [3.05, 3.63) is 33.9 Å². The Balaban J connectivity index is 2.91. The van der Waals surface area contributed by atoms with Crippen LogP contribution in [0.15, 0.2) is 6.07 Å². The van der Waals surface area contributed by atoms with E-state index in [2.05, 4.69) is 6.07 Å². The lowest BCUT2D eigenvalue weighted by Gasteiger charge is -2.14. The van der Waals surface area contributed by atoms with E-state index in [0.717, 1.165) is 27.8 Å². The Kier molecular flexibility index (Phi) is 5.28. The van der Waals surface area contributed by atoms with Crippen molar-refractivity contribution >= 4 is 11.8 Å². The summed E-state index contributed by atoms with van der Waals surface area (Å²) in [6, 6.07) is 2.09. The summed E-state index contributed by atoms with van der Waals surface area (Å²) in [5.74, 6) is -0.287. The summed E-state index contributed by atoms with van der Waals surface area (Å²) in [6.45, 7) is 10.0. The maximum absolute atomic E-state index is 12.3. The van der Waals surface area contributed by atoms with Crippen molar-refractivity contribution in [1.29, 1.82) is 0 Å². The summed E-state index contributed by atoms with van der Waals surface area (Å²) in [6.07, 6.45) is 0.363. The maximum Gasteiger partial charge on any atom is 0.306 e. The molecule has 0 spiro atoms. The molecule has 0 atom stereocenters. The van der Waals surface area contributed by atoms with Crippen LogP contribution in [0.2, 0.25) is 0 Å². The van der Waals surface area contributed by atoms with Crippen molar-refractivity contribution in [2.45, 2.75) is 47.5 Å². The number of carbonyl (C=O) groups excluding carboxylic acids is 2. The predicted molar refractivity (Wildman–Crippen MR) is 75.6 cm³/mol. The van der Waals surface area contributed by atoms with Crippen LogP contribution in [0.5, 0.6) is 0 Å². The summed E-state index contributed by atoms with van der Waals surface area (Å²) < 4.78 is 4.84. The number of ketones is 1. The van der Waals surface area contributed by atoms with E-state index in [9.17, 15) is 9.59 Å². The minimum Gasteiger partial charge on any atom is -0.466 e. The molecule has 0 N–H and O–H groups in total. The molecule has 0 fully saturated rings. The van der Waals surface area contributed by atoms with Crippen molar-refractivity contribution in [1.82, 2.24) is 0 Å². The average Bonchev–Trinajstić information content (AvgIpc) is 2.35. The molecule has 19 heavy (non-hydrogen) atoms. The molecule has 3 nitrogen and oxygen atoms in total. The van der Waals surface area contributed by atoms with Crippen LogP contribution in [0, 0.1) is 27.7 Å². The zero-order chi connectivity index (χ0) is 14.6. The molecule has 1 rings (SSSR count). The molecule has 104 valence electrons. The summed E-state index contributed by atoms with van der Waals surface area (Å²) in [5, 5.41) is 0. The lowest BCUT2D eigenvalue weighted by molar-refractivity contribution is -0.143. The molecule has 0 aromatic heterocycles. The van der Waals surface area contributed by atoms with Gasteiger partial charge in [0, 0.05) is 12.0 Å². The first-order valence-electron chi connectivity index (χ1n) is 6.64. The number of ether oxygens (including phenoxy) is 1. The molecule has 0 amide bonds. The van der Waals surface area contributed by atoms with Gasteiger partial charge in [-0.1, -0.05) is 6.07 Å². The lowest BCUT2D eigenvalue weighted by atomic mass is 9.90. The van der Waals surface area contributed by atoms with E-state index in [1.165, 1.54) is 0 Å². The number of aryl methyl sites for hydroxylation is 2. The van der Waals surface area contributed by atoms with Crippen molar-refractivity contribution < 1.29 is 14.3 Å². The van der Waals surface area contributed by atoms with Crippen LogP contribution in [0.3, 0.4) is 0 Å². The first kappa shape index (κ1) is 15.4. The largest absolute Gasteiger partial charge is 0.466 e. The molecule has 0 aliphatic rings. The molecular weight excluding hydrogens is 240 g/mol. The SMILES string of the molecule is CCOC(=O)CCC(=O)c1c(C)c(C)cc(C)c1C. The number of hydrogen-bond donors (Lipinski definition) is 0. The molecule has 0 bridgehead atoms. The second kappa shape index (κ2) is 6.50. The van der Waals surface area contributed by atoms with Crippen LogP contribution in [0.25, 0.3) is 0 Å². The summed E-state index contributed by atoms with van der Waals surface area (Å²) in [4.78, 5) is 23.6. The van der Waals surface area contributed by atoms with Gasteiger partial charge in [0.15, 0.2) is 5.78 Å². The van der Waals surface area contributed by atoms with Crippen LogP contribution in [-0.2, 0) is 9.53 Å². The number of rotatable bonds is 5. The first-order chi connectivity index (χ1) is 8.88. The Hall–Kier alpha value is -1.64. The highest BCUT2D eigenvalue weighted by Gasteiger charge is 2.17. The van der Waals surface area contributed by atoms with Crippen LogP contribution >= 0.6 is 0 Å². The first-order valence-corrected chi connectivity index (χ1v) is 6.64. The van der Waals surface area contributed by atoms with Crippen molar-refractivity contribution in [2.24, 2.45) is 0 Å². The molecule has 0 aliphatic carbocycles. The van der Waals surface area contributed by atoms with Crippen molar-refractivity contribution in [3.8, 4) is 0 Å². The van der Waals surface area contributed by atoms with Gasteiger partial charge in [-0.3, -0.25) is 9.59 Å². The molecule has 0 heterocycles. The fraction of sp³-hybridized carbons (Fsp3) is 0.500. The van der Waals surface area contributed by atoms with E-state index in [0.29, 0.717) is 6.61 Å². The van der Waals surface area contributed by atoms with Gasteiger partial charge in [0.25, 0.3) is 0 Å². The number of hydrogen-bond acceptors (Lipinski definition) is 3. The number of esters is 1. The highest BCUT2D eigenvalue weighted by atomic mass is 16.5. The van der Waals surface area contributed by atoms with Gasteiger partial charge >= 0.3 is 5.97 Å². The number of carbonyl (C=O) groups is 2. The van der Waals surface area contributed by atoms with Gasteiger partial charge in [0.1, 0.15) is 0 Å². The Labute approximate surface area is 115 Å². The molecule has 0 saturated heterocycles. The van der Waals surface area contributed by atoms with Gasteiger partial charge in [-0.05, 0) is 56.9 Å². The smallest absolute Gasteiger partial charge is 0.306 e. The molecule has 0 radical (unpaired) electrons. The number of benzene rings is 1. The monoisotopic (exact) mass is 262 g/mol. The van der Waals surface area contributed by atoms with E-state index in [1.807, 2.05) is 27.7 Å². The highest BCUT2D eigenvalue weighted by molar-refractivity contribution is 6.00. The fourth-order valence-corrected chi connectivity index (χ4v) is 2.21. The van der Waals surface area contributed by atoms with E-state index in [4.69, 9.17) is 4.74 Å². The van der Waals surface area contributed by atoms with Gasteiger partial charge in [-0.25, -0.2) is 0 Å². The molecule has 0 aliphatic heterocycles. The third-order valence-corrected chi connectivity index (χ3v) is 3.51. The Morgan fingerprint density at radius 2 is 1.53 bits per heavy atom. The van der Waals surface area contributed by atoms with Crippen molar-refractivity contribution in [2.75, 3.05) is 6.61 Å². The second-order valence-electron chi connectivity index (χ2n) is 4.86. The zero-order valence-electron chi connectivity index (χ0n) is 12.4. The Morgan fingerprint density at radius 3 is 2.00 bits per heavy atom. The highest BCUT2D eigenvalue weighted by Crippen LogP contribution is 2.23. The third kappa shape index (κ3) is 3.66. The molecular formula is C16H22O3. The Bertz CT molecular complexity index is 475. The molecule has 3 heteroatoms. The molecule has 0 saturated carbocycles. The molecule has 0 unspecified atom stereocenters. The Morgan fingerprint density at radius 1 is 1.00 bits per heavy atom. The maximum atomic E-state index is 12.3. The van der Waals surface area contributed by atoms with Crippen LogP contribution < -0.4 is 0 Å². The van der Waals surface area contributed by atoms with E-state index >= 15 is 0 Å². The summed E-state index contributed by atoms with van der Waals surface area (Å²) in [5.41, 5.74) is 5.01. The van der Waals surface area contributed by atoms with Gasteiger partial charge in [-0.2, -0.15) is 0 Å².